The van der Waals surface area contributed by atoms with Gasteiger partial charge in [-0.25, -0.2) is 9.18 Å². The maximum atomic E-state index is 13.6. The molecule has 0 radical (unpaired) electrons. The fourth-order valence-corrected chi connectivity index (χ4v) is 2.53. The largest absolute Gasteiger partial charge is 0.478 e. The SMILES string of the molecule is NC1CCCCC1Nc1cc(C(=O)O)c(F)cc1[N+](=O)[O-]. The molecule has 114 valence electrons. The van der Waals surface area contributed by atoms with Gasteiger partial charge in [0.25, 0.3) is 5.69 Å². The van der Waals surface area contributed by atoms with Crippen molar-refractivity contribution in [1.82, 2.24) is 0 Å². The van der Waals surface area contributed by atoms with E-state index in [0.29, 0.717) is 6.07 Å². The number of hydrogen-bond donors (Lipinski definition) is 3. The summed E-state index contributed by atoms with van der Waals surface area (Å²) < 4.78 is 13.6. The van der Waals surface area contributed by atoms with E-state index in [0.717, 1.165) is 31.7 Å². The predicted molar refractivity (Wildman–Crippen MR) is 73.9 cm³/mol. The third kappa shape index (κ3) is 3.27. The number of carboxylic acid groups (broad SMARTS) is 1. The van der Waals surface area contributed by atoms with Gasteiger partial charge in [-0.15, -0.1) is 0 Å². The van der Waals surface area contributed by atoms with Gasteiger partial charge in [0.2, 0.25) is 0 Å². The van der Waals surface area contributed by atoms with Crippen LogP contribution in [-0.4, -0.2) is 28.1 Å². The van der Waals surface area contributed by atoms with Crippen molar-refractivity contribution in [1.29, 1.82) is 0 Å². The van der Waals surface area contributed by atoms with Gasteiger partial charge >= 0.3 is 5.97 Å². The normalized spacial score (nSPS) is 21.8. The Morgan fingerprint density at radius 1 is 1.43 bits per heavy atom. The lowest BCUT2D eigenvalue weighted by Gasteiger charge is -2.30. The number of nitrogens with zero attached hydrogens (tertiary/aromatic N) is 1. The molecule has 8 heteroatoms. The van der Waals surface area contributed by atoms with Crippen LogP contribution in [0.1, 0.15) is 36.0 Å². The average Bonchev–Trinajstić information content (AvgIpc) is 2.42. The Balaban J connectivity index is 2.37. The van der Waals surface area contributed by atoms with Gasteiger partial charge in [-0.3, -0.25) is 10.1 Å². The smallest absolute Gasteiger partial charge is 0.338 e. The minimum absolute atomic E-state index is 0.0128. The molecule has 0 amide bonds. The molecular weight excluding hydrogens is 281 g/mol. The molecule has 7 nitrogen and oxygen atoms in total. The number of nitrogens with one attached hydrogen (secondary N) is 1. The summed E-state index contributed by atoms with van der Waals surface area (Å²) in [5.41, 5.74) is 4.85. The summed E-state index contributed by atoms with van der Waals surface area (Å²) in [5, 5.41) is 22.8. The van der Waals surface area contributed by atoms with Gasteiger partial charge in [-0.2, -0.15) is 0 Å². The average molecular weight is 297 g/mol. The molecule has 0 spiro atoms. The van der Waals surface area contributed by atoms with Crippen LogP contribution in [0, 0.1) is 15.9 Å². The van der Waals surface area contributed by atoms with Crippen molar-refractivity contribution in [2.24, 2.45) is 5.73 Å². The lowest BCUT2D eigenvalue weighted by atomic mass is 9.90. The standard InChI is InChI=1S/C13H16FN3O4/c14-8-6-12(17(20)21)11(5-7(8)13(18)19)16-10-4-2-1-3-9(10)15/h5-6,9-10,16H,1-4,15H2,(H,18,19). The van der Waals surface area contributed by atoms with E-state index in [4.69, 9.17) is 10.8 Å². The number of anilines is 1. The molecule has 4 N–H and O–H groups in total. The molecule has 1 aromatic carbocycles. The summed E-state index contributed by atoms with van der Waals surface area (Å²) in [4.78, 5) is 21.2. The van der Waals surface area contributed by atoms with E-state index < -0.39 is 28.0 Å². The van der Waals surface area contributed by atoms with Crippen LogP contribution in [-0.2, 0) is 0 Å². The van der Waals surface area contributed by atoms with Crippen molar-refractivity contribution in [3.05, 3.63) is 33.6 Å². The number of carbonyl (C=O) groups is 1. The van der Waals surface area contributed by atoms with Gasteiger partial charge in [0.15, 0.2) is 0 Å². The third-order valence-electron chi connectivity index (χ3n) is 3.67. The lowest BCUT2D eigenvalue weighted by molar-refractivity contribution is -0.384. The summed E-state index contributed by atoms with van der Waals surface area (Å²) in [6.07, 6.45) is 3.45. The number of halogens is 1. The molecule has 21 heavy (non-hydrogen) atoms. The summed E-state index contributed by atoms with van der Waals surface area (Å²) >= 11 is 0. The minimum atomic E-state index is -1.47. The Kier molecular flexibility index (Phi) is 4.37. The van der Waals surface area contributed by atoms with Gasteiger partial charge in [-0.05, 0) is 18.9 Å². The van der Waals surface area contributed by atoms with Gasteiger partial charge in [0.1, 0.15) is 11.5 Å². The van der Waals surface area contributed by atoms with Crippen LogP contribution < -0.4 is 11.1 Å². The van der Waals surface area contributed by atoms with E-state index in [9.17, 15) is 19.3 Å². The number of rotatable bonds is 4. The highest BCUT2D eigenvalue weighted by Gasteiger charge is 2.27. The highest BCUT2D eigenvalue weighted by atomic mass is 19.1. The van der Waals surface area contributed by atoms with E-state index in [1.807, 2.05) is 0 Å². The zero-order valence-corrected chi connectivity index (χ0v) is 11.2. The number of aromatic carboxylic acids is 1. The third-order valence-corrected chi connectivity index (χ3v) is 3.67. The van der Waals surface area contributed by atoms with Crippen molar-refractivity contribution in [3.63, 3.8) is 0 Å². The number of nitrogens with two attached hydrogens (primary N) is 1. The van der Waals surface area contributed by atoms with E-state index in [-0.39, 0.29) is 17.8 Å². The Morgan fingerprint density at radius 2 is 2.10 bits per heavy atom. The second kappa shape index (κ2) is 6.04. The Bertz CT molecular complexity index is 579. The number of benzene rings is 1. The van der Waals surface area contributed by atoms with Gasteiger partial charge in [-0.1, -0.05) is 12.8 Å². The molecule has 1 aliphatic rings. The second-order valence-electron chi connectivity index (χ2n) is 5.11. The van der Waals surface area contributed by atoms with Gasteiger partial charge < -0.3 is 16.2 Å². The fraction of sp³-hybridized carbons (Fsp3) is 0.462. The summed E-state index contributed by atoms with van der Waals surface area (Å²) in [5.74, 6) is -2.61. The minimum Gasteiger partial charge on any atom is -0.478 e. The van der Waals surface area contributed by atoms with Gasteiger partial charge in [0, 0.05) is 12.1 Å². The van der Waals surface area contributed by atoms with E-state index >= 15 is 0 Å². The monoisotopic (exact) mass is 297 g/mol. The van der Waals surface area contributed by atoms with E-state index in [2.05, 4.69) is 5.32 Å². The van der Waals surface area contributed by atoms with Crippen molar-refractivity contribution < 1.29 is 19.2 Å². The van der Waals surface area contributed by atoms with Crippen molar-refractivity contribution in [2.45, 2.75) is 37.8 Å². The molecule has 1 saturated carbocycles. The second-order valence-corrected chi connectivity index (χ2v) is 5.11. The topological polar surface area (TPSA) is 118 Å². The molecule has 2 unspecified atom stereocenters. The van der Waals surface area contributed by atoms with E-state index in [1.54, 1.807) is 0 Å². The Hall–Kier alpha value is -2.22. The first-order chi connectivity index (χ1) is 9.90. The molecule has 1 aliphatic carbocycles. The Morgan fingerprint density at radius 3 is 2.67 bits per heavy atom. The van der Waals surface area contributed by atoms with Crippen molar-refractivity contribution in [3.8, 4) is 0 Å². The molecule has 0 bridgehead atoms. The molecular formula is C13H16FN3O4. The Labute approximate surface area is 120 Å². The van der Waals surface area contributed by atoms with Crippen LogP contribution >= 0.6 is 0 Å². The molecule has 2 rings (SSSR count). The first kappa shape index (κ1) is 15.2. The van der Waals surface area contributed by atoms with Crippen molar-refractivity contribution >= 4 is 17.3 Å². The van der Waals surface area contributed by atoms with E-state index in [1.165, 1.54) is 0 Å². The summed E-state index contributed by atoms with van der Waals surface area (Å²) in [6, 6.07) is 1.22. The van der Waals surface area contributed by atoms with Crippen LogP contribution in [0.4, 0.5) is 15.8 Å². The molecule has 0 aliphatic heterocycles. The summed E-state index contributed by atoms with van der Waals surface area (Å²) in [7, 11) is 0. The highest BCUT2D eigenvalue weighted by Crippen LogP contribution is 2.30. The lowest BCUT2D eigenvalue weighted by Crippen LogP contribution is -2.42. The predicted octanol–water partition coefficient (Wildman–Crippen LogP) is 2.11. The molecule has 0 aromatic heterocycles. The number of nitro groups is 1. The maximum absolute atomic E-state index is 13.6. The first-order valence-corrected chi connectivity index (χ1v) is 6.63. The van der Waals surface area contributed by atoms with Crippen LogP contribution in [0.15, 0.2) is 12.1 Å². The van der Waals surface area contributed by atoms with Crippen molar-refractivity contribution in [2.75, 3.05) is 5.32 Å². The summed E-state index contributed by atoms with van der Waals surface area (Å²) in [6.45, 7) is 0. The van der Waals surface area contributed by atoms with Gasteiger partial charge in [0.05, 0.1) is 16.6 Å². The zero-order chi connectivity index (χ0) is 15.6. The van der Waals surface area contributed by atoms with Crippen LogP contribution in [0.2, 0.25) is 0 Å². The van der Waals surface area contributed by atoms with Crippen LogP contribution in [0.25, 0.3) is 0 Å². The highest BCUT2D eigenvalue weighted by molar-refractivity contribution is 5.90. The zero-order valence-electron chi connectivity index (χ0n) is 11.2. The maximum Gasteiger partial charge on any atom is 0.338 e. The molecule has 2 atom stereocenters. The fourth-order valence-electron chi connectivity index (χ4n) is 2.53. The molecule has 1 aromatic rings. The number of carboxylic acids is 1. The number of hydrogen-bond acceptors (Lipinski definition) is 5. The van der Waals surface area contributed by atoms with Crippen LogP contribution in [0.3, 0.4) is 0 Å². The molecule has 0 heterocycles. The number of nitro benzene ring substituents is 1. The first-order valence-electron chi connectivity index (χ1n) is 6.63. The van der Waals surface area contributed by atoms with Crippen LogP contribution in [0.5, 0.6) is 0 Å². The quantitative estimate of drug-likeness (QED) is 0.578. The molecule has 1 fully saturated rings. The molecule has 0 saturated heterocycles.